The molecular weight excluding hydrogens is 530 g/mol. The molecule has 0 atom stereocenters. The van der Waals surface area contributed by atoms with Crippen molar-refractivity contribution in [1.29, 1.82) is 0 Å². The number of aromatic nitrogens is 3. The summed E-state index contributed by atoms with van der Waals surface area (Å²) in [5.74, 6) is 0. The van der Waals surface area contributed by atoms with Crippen LogP contribution in [0.1, 0.15) is 0 Å². The van der Waals surface area contributed by atoms with Gasteiger partial charge in [0.15, 0.2) is 0 Å². The van der Waals surface area contributed by atoms with Gasteiger partial charge in [-0.1, -0.05) is 97.1 Å². The minimum absolute atomic E-state index is 0.348. The molecule has 0 N–H and O–H groups in total. The van der Waals surface area contributed by atoms with Crippen molar-refractivity contribution in [3.8, 4) is 28.2 Å². The second kappa shape index (κ2) is 9.86. The number of fused-ring (bicyclic) bond motifs is 4. The Hall–Kier alpha value is -5.94. The normalized spacial score (nSPS) is 11.4. The van der Waals surface area contributed by atoms with Gasteiger partial charge >= 0.3 is 5.69 Å². The Bertz CT molecular complexity index is 2420. The van der Waals surface area contributed by atoms with Crippen LogP contribution in [0.5, 0.6) is 0 Å². The fourth-order valence-electron chi connectivity index (χ4n) is 6.12. The van der Waals surface area contributed by atoms with Crippen LogP contribution >= 0.6 is 0 Å². The molecule has 0 aliphatic carbocycles. The summed E-state index contributed by atoms with van der Waals surface area (Å²) in [4.78, 5) is 28.3. The van der Waals surface area contributed by atoms with Crippen LogP contribution in [0.15, 0.2) is 161 Å². The molecule has 6 aromatic carbocycles. The second-order valence-corrected chi connectivity index (χ2v) is 10.6. The lowest BCUT2D eigenvalue weighted by Gasteiger charge is -2.15. The largest absolute Gasteiger partial charge is 0.340 e. The molecule has 8 rings (SSSR count). The first-order chi connectivity index (χ1) is 21.2. The van der Waals surface area contributed by atoms with Crippen LogP contribution in [0.25, 0.3) is 60.9 Å². The maximum atomic E-state index is 14.3. The number of para-hydroxylation sites is 3. The van der Waals surface area contributed by atoms with Gasteiger partial charge in [-0.25, -0.2) is 9.36 Å². The highest BCUT2D eigenvalue weighted by atomic mass is 16.2. The SMILES string of the molecule is O=c1c2ccccc2n(-c2ccc(-c3ccccc3)cc2)c(=O)n1-c1ccc2c3ccccc3n(-c3ccccc3)c2c1. The van der Waals surface area contributed by atoms with E-state index in [0.29, 0.717) is 22.3 Å². The Morgan fingerprint density at radius 1 is 0.349 bits per heavy atom. The van der Waals surface area contributed by atoms with Gasteiger partial charge in [-0.3, -0.25) is 9.36 Å². The smallest absolute Gasteiger partial charge is 0.309 e. The van der Waals surface area contributed by atoms with E-state index in [9.17, 15) is 9.59 Å². The summed E-state index contributed by atoms with van der Waals surface area (Å²) < 4.78 is 5.10. The number of rotatable bonds is 4. The highest BCUT2D eigenvalue weighted by Crippen LogP contribution is 2.33. The Morgan fingerprint density at radius 3 is 1.58 bits per heavy atom. The molecule has 8 aromatic rings. The molecule has 2 heterocycles. The average molecular weight is 556 g/mol. The van der Waals surface area contributed by atoms with E-state index in [4.69, 9.17) is 0 Å². The van der Waals surface area contributed by atoms with Gasteiger partial charge in [-0.15, -0.1) is 0 Å². The summed E-state index contributed by atoms with van der Waals surface area (Å²) in [5, 5.41) is 2.63. The van der Waals surface area contributed by atoms with Gasteiger partial charge in [0.05, 0.1) is 33.3 Å². The van der Waals surface area contributed by atoms with Crippen molar-refractivity contribution in [2.45, 2.75) is 0 Å². The lowest BCUT2D eigenvalue weighted by atomic mass is 10.1. The van der Waals surface area contributed by atoms with Gasteiger partial charge in [0.1, 0.15) is 0 Å². The van der Waals surface area contributed by atoms with E-state index < -0.39 is 5.69 Å². The monoisotopic (exact) mass is 555 g/mol. The minimum Gasteiger partial charge on any atom is -0.309 e. The third-order valence-corrected chi connectivity index (χ3v) is 8.12. The molecule has 204 valence electrons. The van der Waals surface area contributed by atoms with E-state index in [1.54, 1.807) is 10.6 Å². The first kappa shape index (κ1) is 24.8. The summed E-state index contributed by atoms with van der Waals surface area (Å²) in [6, 6.07) is 49.5. The fourth-order valence-corrected chi connectivity index (χ4v) is 6.12. The third kappa shape index (κ3) is 3.94. The van der Waals surface area contributed by atoms with Crippen LogP contribution in [-0.4, -0.2) is 13.7 Å². The standard InChI is InChI=1S/C38H25N3O2/c42-37-33-16-8-10-18-35(33)40(29-21-19-27(20-22-29)26-11-3-1-4-12-26)38(43)41(37)30-23-24-32-31-15-7-9-17-34(31)39(36(32)25-30)28-13-5-2-6-14-28/h1-25H. The van der Waals surface area contributed by atoms with Crippen molar-refractivity contribution in [3.05, 3.63) is 172 Å². The molecule has 0 fully saturated rings. The first-order valence-corrected chi connectivity index (χ1v) is 14.2. The molecule has 0 unspecified atom stereocenters. The molecule has 43 heavy (non-hydrogen) atoms. The maximum absolute atomic E-state index is 14.3. The number of nitrogens with zero attached hydrogens (tertiary/aromatic N) is 3. The Labute approximate surface area is 246 Å². The van der Waals surface area contributed by atoms with Crippen molar-refractivity contribution >= 4 is 32.7 Å². The molecule has 0 aliphatic rings. The molecular formula is C38H25N3O2. The van der Waals surface area contributed by atoms with Gasteiger partial charge in [-0.2, -0.15) is 0 Å². The van der Waals surface area contributed by atoms with E-state index in [1.807, 2.05) is 109 Å². The Morgan fingerprint density at radius 2 is 0.860 bits per heavy atom. The van der Waals surface area contributed by atoms with Gasteiger partial charge in [-0.05, 0) is 65.7 Å². The lowest BCUT2D eigenvalue weighted by molar-refractivity contribution is 0.835. The van der Waals surface area contributed by atoms with Gasteiger partial charge in [0.25, 0.3) is 5.56 Å². The molecule has 0 bridgehead atoms. The van der Waals surface area contributed by atoms with Gasteiger partial charge in [0, 0.05) is 16.5 Å². The predicted octanol–water partition coefficient (Wildman–Crippen LogP) is 7.91. The summed E-state index contributed by atoms with van der Waals surface area (Å²) in [6.45, 7) is 0. The van der Waals surface area contributed by atoms with Crippen LogP contribution < -0.4 is 11.2 Å². The molecule has 2 aromatic heterocycles. The highest BCUT2D eigenvalue weighted by molar-refractivity contribution is 6.09. The van der Waals surface area contributed by atoms with E-state index in [-0.39, 0.29) is 5.56 Å². The quantitative estimate of drug-likeness (QED) is 0.222. The zero-order valence-electron chi connectivity index (χ0n) is 23.1. The number of hydrogen-bond donors (Lipinski definition) is 0. The maximum Gasteiger partial charge on any atom is 0.340 e. The van der Waals surface area contributed by atoms with Crippen molar-refractivity contribution in [3.63, 3.8) is 0 Å². The van der Waals surface area contributed by atoms with E-state index in [2.05, 4.69) is 41.0 Å². The molecule has 5 heteroatoms. The minimum atomic E-state index is -0.419. The molecule has 0 saturated heterocycles. The number of hydrogen-bond acceptors (Lipinski definition) is 2. The topological polar surface area (TPSA) is 48.9 Å². The molecule has 0 saturated carbocycles. The van der Waals surface area contributed by atoms with Crippen LogP contribution in [0, 0.1) is 0 Å². The summed E-state index contributed by atoms with van der Waals surface area (Å²) in [7, 11) is 0. The Kier molecular flexibility index (Phi) is 5.69. The average Bonchev–Trinajstić information content (AvgIpc) is 3.40. The molecule has 0 amide bonds. The van der Waals surface area contributed by atoms with Crippen molar-refractivity contribution in [1.82, 2.24) is 13.7 Å². The number of benzene rings is 6. The summed E-state index contributed by atoms with van der Waals surface area (Å²) in [6.07, 6.45) is 0. The van der Waals surface area contributed by atoms with Crippen LogP contribution in [0.2, 0.25) is 0 Å². The summed E-state index contributed by atoms with van der Waals surface area (Å²) >= 11 is 0. The lowest BCUT2D eigenvalue weighted by Crippen LogP contribution is -2.38. The van der Waals surface area contributed by atoms with Crippen LogP contribution in [0.3, 0.4) is 0 Å². The Balaban J connectivity index is 1.39. The highest BCUT2D eigenvalue weighted by Gasteiger charge is 2.18. The molecule has 5 nitrogen and oxygen atoms in total. The zero-order valence-corrected chi connectivity index (χ0v) is 23.1. The predicted molar refractivity (Wildman–Crippen MR) is 175 cm³/mol. The van der Waals surface area contributed by atoms with Gasteiger partial charge < -0.3 is 4.57 Å². The van der Waals surface area contributed by atoms with Crippen molar-refractivity contribution in [2.75, 3.05) is 0 Å². The molecule has 0 spiro atoms. The van der Waals surface area contributed by atoms with Crippen LogP contribution in [-0.2, 0) is 0 Å². The second-order valence-electron chi connectivity index (χ2n) is 10.6. The van der Waals surface area contributed by atoms with E-state index >= 15 is 0 Å². The molecule has 0 aliphatic heterocycles. The van der Waals surface area contributed by atoms with E-state index in [1.165, 1.54) is 4.57 Å². The van der Waals surface area contributed by atoms with Crippen LogP contribution in [0.4, 0.5) is 0 Å². The molecule has 0 radical (unpaired) electrons. The summed E-state index contributed by atoms with van der Waals surface area (Å²) in [5.41, 5.74) is 6.14. The van der Waals surface area contributed by atoms with Gasteiger partial charge in [0.2, 0.25) is 0 Å². The van der Waals surface area contributed by atoms with Crippen molar-refractivity contribution < 1.29 is 0 Å². The first-order valence-electron chi connectivity index (χ1n) is 14.2. The van der Waals surface area contributed by atoms with E-state index in [0.717, 1.165) is 38.6 Å². The third-order valence-electron chi connectivity index (χ3n) is 8.12. The zero-order chi connectivity index (χ0) is 28.9. The van der Waals surface area contributed by atoms with Crippen molar-refractivity contribution in [2.24, 2.45) is 0 Å². The fraction of sp³-hybridized carbons (Fsp3) is 0.